The third-order valence-corrected chi connectivity index (χ3v) is 3.72. The number of thioether (sulfide) groups is 1. The lowest BCUT2D eigenvalue weighted by molar-refractivity contribution is -0.388. The van der Waals surface area contributed by atoms with E-state index < -0.39 is 4.92 Å². The van der Waals surface area contributed by atoms with E-state index in [1.54, 1.807) is 25.1 Å². The number of halogens is 1. The SMILES string of the molecule is CC(Sc1ncccc1[N+](=O)[O-])c1ccccc1F. The molecule has 0 saturated carbocycles. The molecule has 1 unspecified atom stereocenters. The number of rotatable bonds is 4. The number of hydrogen-bond donors (Lipinski definition) is 0. The van der Waals surface area contributed by atoms with Crippen molar-refractivity contribution in [3.05, 3.63) is 64.1 Å². The van der Waals surface area contributed by atoms with E-state index in [2.05, 4.69) is 4.98 Å². The summed E-state index contributed by atoms with van der Waals surface area (Å²) in [6.07, 6.45) is 1.49. The van der Waals surface area contributed by atoms with Gasteiger partial charge in [-0.3, -0.25) is 10.1 Å². The summed E-state index contributed by atoms with van der Waals surface area (Å²) in [5.74, 6) is -0.318. The Balaban J connectivity index is 2.27. The Bertz CT molecular complexity index is 607. The van der Waals surface area contributed by atoms with Gasteiger partial charge in [-0.15, -0.1) is 0 Å². The minimum atomic E-state index is -0.483. The Labute approximate surface area is 113 Å². The summed E-state index contributed by atoms with van der Waals surface area (Å²) < 4.78 is 13.6. The summed E-state index contributed by atoms with van der Waals surface area (Å²) in [6.45, 7) is 1.79. The van der Waals surface area contributed by atoms with Gasteiger partial charge >= 0.3 is 5.69 Å². The molecule has 2 aromatic rings. The van der Waals surface area contributed by atoms with E-state index in [0.717, 1.165) is 0 Å². The van der Waals surface area contributed by atoms with Gasteiger partial charge in [0, 0.05) is 23.1 Å². The fourth-order valence-corrected chi connectivity index (χ4v) is 2.69. The zero-order valence-corrected chi connectivity index (χ0v) is 10.9. The lowest BCUT2D eigenvalue weighted by Crippen LogP contribution is -1.97. The van der Waals surface area contributed by atoms with Crippen LogP contribution in [0.4, 0.5) is 10.1 Å². The van der Waals surface area contributed by atoms with Crippen LogP contribution in [0.15, 0.2) is 47.6 Å². The third-order valence-electron chi connectivity index (χ3n) is 2.58. The van der Waals surface area contributed by atoms with Crippen molar-refractivity contribution in [2.45, 2.75) is 17.2 Å². The molecule has 1 aromatic carbocycles. The maximum absolute atomic E-state index is 13.6. The normalized spacial score (nSPS) is 12.1. The fourth-order valence-electron chi connectivity index (χ4n) is 1.65. The number of nitrogens with zero attached hydrogens (tertiary/aromatic N) is 2. The largest absolute Gasteiger partial charge is 0.301 e. The maximum Gasteiger partial charge on any atom is 0.301 e. The molecule has 1 heterocycles. The molecule has 6 heteroatoms. The molecule has 98 valence electrons. The van der Waals surface area contributed by atoms with Crippen LogP contribution in [0.5, 0.6) is 0 Å². The Morgan fingerprint density at radius 1 is 1.32 bits per heavy atom. The molecular weight excluding hydrogens is 267 g/mol. The van der Waals surface area contributed by atoms with E-state index in [1.165, 1.54) is 36.2 Å². The Morgan fingerprint density at radius 3 is 2.74 bits per heavy atom. The van der Waals surface area contributed by atoms with Crippen LogP contribution in [-0.2, 0) is 0 Å². The number of nitro groups is 1. The highest BCUT2D eigenvalue weighted by atomic mass is 32.2. The average Bonchev–Trinajstić information content (AvgIpc) is 2.39. The van der Waals surface area contributed by atoms with Crippen molar-refractivity contribution < 1.29 is 9.31 Å². The monoisotopic (exact) mass is 278 g/mol. The second kappa shape index (κ2) is 5.79. The first kappa shape index (κ1) is 13.5. The van der Waals surface area contributed by atoms with E-state index in [0.29, 0.717) is 10.6 Å². The summed E-state index contributed by atoms with van der Waals surface area (Å²) >= 11 is 1.17. The highest BCUT2D eigenvalue weighted by Gasteiger charge is 2.19. The molecule has 0 aliphatic carbocycles. The van der Waals surface area contributed by atoms with Gasteiger partial charge in [0.05, 0.1) is 4.92 Å². The molecule has 0 aliphatic heterocycles. The molecule has 0 amide bonds. The predicted octanol–water partition coefficient (Wildman–Crippen LogP) is 3.98. The van der Waals surface area contributed by atoms with Crippen molar-refractivity contribution in [2.24, 2.45) is 0 Å². The van der Waals surface area contributed by atoms with Gasteiger partial charge in [-0.05, 0) is 19.1 Å². The number of pyridine rings is 1. The van der Waals surface area contributed by atoms with Crippen LogP contribution in [0.2, 0.25) is 0 Å². The van der Waals surface area contributed by atoms with Crippen molar-refractivity contribution in [3.63, 3.8) is 0 Å². The highest BCUT2D eigenvalue weighted by molar-refractivity contribution is 7.99. The van der Waals surface area contributed by atoms with E-state index in [-0.39, 0.29) is 16.8 Å². The van der Waals surface area contributed by atoms with Gasteiger partial charge < -0.3 is 0 Å². The number of aromatic nitrogens is 1. The zero-order chi connectivity index (χ0) is 13.8. The summed E-state index contributed by atoms with van der Waals surface area (Å²) in [7, 11) is 0. The zero-order valence-electron chi connectivity index (χ0n) is 10.1. The van der Waals surface area contributed by atoms with Crippen molar-refractivity contribution in [1.29, 1.82) is 0 Å². The molecule has 0 aliphatic rings. The first-order chi connectivity index (χ1) is 9.09. The molecular formula is C13H11FN2O2S. The van der Waals surface area contributed by atoms with Gasteiger partial charge in [-0.1, -0.05) is 30.0 Å². The van der Waals surface area contributed by atoms with Gasteiger partial charge in [0.25, 0.3) is 0 Å². The van der Waals surface area contributed by atoms with Crippen molar-refractivity contribution >= 4 is 17.4 Å². The second-order valence-corrected chi connectivity index (χ2v) is 5.20. The number of benzene rings is 1. The van der Waals surface area contributed by atoms with Gasteiger partial charge in [-0.25, -0.2) is 9.37 Å². The van der Waals surface area contributed by atoms with Gasteiger partial charge in [-0.2, -0.15) is 0 Å². The maximum atomic E-state index is 13.6. The van der Waals surface area contributed by atoms with Crippen LogP contribution in [0, 0.1) is 15.9 Å². The van der Waals surface area contributed by atoms with Gasteiger partial charge in [0.1, 0.15) is 5.82 Å². The fraction of sp³-hybridized carbons (Fsp3) is 0.154. The first-order valence-corrected chi connectivity index (χ1v) is 6.48. The van der Waals surface area contributed by atoms with Crippen LogP contribution in [-0.4, -0.2) is 9.91 Å². The smallest absolute Gasteiger partial charge is 0.258 e. The van der Waals surface area contributed by atoms with E-state index in [4.69, 9.17) is 0 Å². The van der Waals surface area contributed by atoms with Crippen LogP contribution in [0.25, 0.3) is 0 Å². The van der Waals surface area contributed by atoms with Gasteiger partial charge in [0.2, 0.25) is 0 Å². The van der Waals surface area contributed by atoms with Crippen LogP contribution in [0.1, 0.15) is 17.7 Å². The molecule has 1 aromatic heterocycles. The first-order valence-electron chi connectivity index (χ1n) is 5.60. The summed E-state index contributed by atoms with van der Waals surface area (Å²) in [4.78, 5) is 14.4. The summed E-state index contributed by atoms with van der Waals surface area (Å²) in [6, 6.07) is 9.29. The molecule has 0 spiro atoms. The lowest BCUT2D eigenvalue weighted by Gasteiger charge is -2.11. The Kier molecular flexibility index (Phi) is 4.11. The third kappa shape index (κ3) is 3.08. The van der Waals surface area contributed by atoms with E-state index >= 15 is 0 Å². The highest BCUT2D eigenvalue weighted by Crippen LogP contribution is 2.38. The molecule has 0 bridgehead atoms. The van der Waals surface area contributed by atoms with Crippen molar-refractivity contribution in [3.8, 4) is 0 Å². The average molecular weight is 278 g/mol. The Morgan fingerprint density at radius 2 is 2.05 bits per heavy atom. The number of hydrogen-bond acceptors (Lipinski definition) is 4. The molecule has 1 atom stereocenters. The Hall–Kier alpha value is -1.95. The van der Waals surface area contributed by atoms with Crippen LogP contribution in [0.3, 0.4) is 0 Å². The van der Waals surface area contributed by atoms with Crippen LogP contribution < -0.4 is 0 Å². The predicted molar refractivity (Wildman–Crippen MR) is 71.6 cm³/mol. The van der Waals surface area contributed by atoms with Crippen LogP contribution >= 0.6 is 11.8 Å². The lowest BCUT2D eigenvalue weighted by atomic mass is 10.1. The molecule has 0 saturated heterocycles. The van der Waals surface area contributed by atoms with Gasteiger partial charge in [0.15, 0.2) is 5.03 Å². The molecule has 4 nitrogen and oxygen atoms in total. The molecule has 0 fully saturated rings. The molecule has 19 heavy (non-hydrogen) atoms. The molecule has 0 N–H and O–H groups in total. The minimum Gasteiger partial charge on any atom is -0.258 e. The quantitative estimate of drug-likeness (QED) is 0.482. The van der Waals surface area contributed by atoms with E-state index in [9.17, 15) is 14.5 Å². The summed E-state index contributed by atoms with van der Waals surface area (Å²) in [5, 5.41) is 10.9. The second-order valence-electron chi connectivity index (χ2n) is 3.87. The minimum absolute atomic E-state index is 0.0595. The molecule has 0 radical (unpaired) electrons. The van der Waals surface area contributed by atoms with Crippen molar-refractivity contribution in [2.75, 3.05) is 0 Å². The van der Waals surface area contributed by atoms with Crippen molar-refractivity contribution in [1.82, 2.24) is 4.98 Å². The standard InChI is InChI=1S/C13H11FN2O2S/c1-9(10-5-2-3-6-11(10)14)19-13-12(16(17)18)7-4-8-15-13/h2-9H,1H3. The summed E-state index contributed by atoms with van der Waals surface area (Å²) in [5.41, 5.74) is 0.447. The molecule has 2 rings (SSSR count). The topological polar surface area (TPSA) is 56.0 Å². The van der Waals surface area contributed by atoms with E-state index in [1.807, 2.05) is 0 Å².